The van der Waals surface area contributed by atoms with E-state index in [4.69, 9.17) is 0 Å². The maximum absolute atomic E-state index is 12.4. The second kappa shape index (κ2) is 3.85. The molecule has 2 N–H and O–H groups in total. The molecule has 0 fully saturated rings. The summed E-state index contributed by atoms with van der Waals surface area (Å²) in [5.41, 5.74) is -0.747. The first-order chi connectivity index (χ1) is 5.74. The minimum Gasteiger partial charge on any atom is -0.356 e. The van der Waals surface area contributed by atoms with E-state index in [0.29, 0.717) is 12.5 Å². The highest BCUT2D eigenvalue weighted by atomic mass is 19.1. The van der Waals surface area contributed by atoms with Gasteiger partial charge < -0.3 is 5.32 Å². The lowest BCUT2D eigenvalue weighted by molar-refractivity contribution is 0.601. The minimum atomic E-state index is -0.864. The standard InChI is InChI=1S/C7H10FN3O/c1-2-3-9-7-10-4-5(8)6(12)11-7/h4H,2-3H2,1H3,(H2,9,10,11,12). The minimum absolute atomic E-state index is 0.309. The lowest BCUT2D eigenvalue weighted by atomic mass is 10.5. The second-order valence-electron chi connectivity index (χ2n) is 2.34. The maximum Gasteiger partial charge on any atom is 0.288 e. The number of halogens is 1. The van der Waals surface area contributed by atoms with E-state index in [9.17, 15) is 9.18 Å². The van der Waals surface area contributed by atoms with E-state index in [0.717, 1.165) is 12.6 Å². The lowest BCUT2D eigenvalue weighted by Gasteiger charge is -2.01. The SMILES string of the molecule is CCCNc1ncc(F)c(=O)[nH]1. The van der Waals surface area contributed by atoms with Crippen LogP contribution in [0.5, 0.6) is 0 Å². The van der Waals surface area contributed by atoms with E-state index >= 15 is 0 Å². The molecule has 1 heterocycles. The number of hydrogen-bond acceptors (Lipinski definition) is 3. The molecule has 0 atom stereocenters. The summed E-state index contributed by atoms with van der Waals surface area (Å²) in [5, 5.41) is 2.83. The predicted molar refractivity (Wildman–Crippen MR) is 43.6 cm³/mol. The average molecular weight is 171 g/mol. The number of aromatic nitrogens is 2. The van der Waals surface area contributed by atoms with Crippen LogP contribution in [-0.2, 0) is 0 Å². The Morgan fingerprint density at radius 3 is 3.08 bits per heavy atom. The van der Waals surface area contributed by atoms with Crippen LogP contribution >= 0.6 is 0 Å². The first kappa shape index (κ1) is 8.70. The van der Waals surface area contributed by atoms with Crippen molar-refractivity contribution in [2.45, 2.75) is 13.3 Å². The van der Waals surface area contributed by atoms with Gasteiger partial charge in [-0.1, -0.05) is 6.92 Å². The second-order valence-corrected chi connectivity index (χ2v) is 2.34. The molecular weight excluding hydrogens is 161 g/mol. The van der Waals surface area contributed by atoms with E-state index in [2.05, 4.69) is 15.3 Å². The summed E-state index contributed by atoms with van der Waals surface area (Å²) < 4.78 is 12.4. The Bertz CT molecular complexity index is 310. The van der Waals surface area contributed by atoms with Gasteiger partial charge >= 0.3 is 0 Å². The largest absolute Gasteiger partial charge is 0.356 e. The van der Waals surface area contributed by atoms with E-state index in [-0.39, 0.29) is 0 Å². The molecule has 5 heteroatoms. The molecule has 0 radical (unpaired) electrons. The summed E-state index contributed by atoms with van der Waals surface area (Å²) in [6.45, 7) is 2.68. The van der Waals surface area contributed by atoms with Crippen LogP contribution in [0.2, 0.25) is 0 Å². The molecule has 0 unspecified atom stereocenters. The number of nitrogens with one attached hydrogen (secondary N) is 2. The van der Waals surface area contributed by atoms with Gasteiger partial charge in [-0.15, -0.1) is 0 Å². The van der Waals surface area contributed by atoms with Gasteiger partial charge in [-0.3, -0.25) is 9.78 Å². The molecule has 12 heavy (non-hydrogen) atoms. The van der Waals surface area contributed by atoms with Crippen LogP contribution in [0.15, 0.2) is 11.0 Å². The van der Waals surface area contributed by atoms with Gasteiger partial charge in [0.25, 0.3) is 5.56 Å². The summed E-state index contributed by atoms with van der Waals surface area (Å²) in [7, 11) is 0. The summed E-state index contributed by atoms with van der Waals surface area (Å²) in [4.78, 5) is 16.6. The summed E-state index contributed by atoms with van der Waals surface area (Å²) in [6, 6.07) is 0. The van der Waals surface area contributed by atoms with Crippen LogP contribution in [0.25, 0.3) is 0 Å². The summed E-state index contributed by atoms with van der Waals surface area (Å²) in [6.07, 6.45) is 1.82. The van der Waals surface area contributed by atoms with Crippen molar-refractivity contribution in [3.63, 3.8) is 0 Å². The molecule has 4 nitrogen and oxygen atoms in total. The molecule has 0 aromatic carbocycles. The van der Waals surface area contributed by atoms with Crippen LogP contribution in [0.4, 0.5) is 10.3 Å². The molecule has 0 amide bonds. The fourth-order valence-electron chi connectivity index (χ4n) is 0.713. The maximum atomic E-state index is 12.4. The fourth-order valence-corrected chi connectivity index (χ4v) is 0.713. The quantitative estimate of drug-likeness (QED) is 0.704. The van der Waals surface area contributed by atoms with Crippen molar-refractivity contribution in [2.75, 3.05) is 11.9 Å². The van der Waals surface area contributed by atoms with Crippen molar-refractivity contribution < 1.29 is 4.39 Å². The highest BCUT2D eigenvalue weighted by molar-refractivity contribution is 5.21. The van der Waals surface area contributed by atoms with Gasteiger partial charge in [-0.25, -0.2) is 4.98 Å². The summed E-state index contributed by atoms with van der Waals surface area (Å²) >= 11 is 0. The van der Waals surface area contributed by atoms with E-state index in [1.165, 1.54) is 0 Å². The van der Waals surface area contributed by atoms with Gasteiger partial charge in [0.15, 0.2) is 0 Å². The molecule has 0 aliphatic rings. The van der Waals surface area contributed by atoms with Crippen molar-refractivity contribution in [1.29, 1.82) is 0 Å². The number of rotatable bonds is 3. The van der Waals surface area contributed by atoms with Gasteiger partial charge in [0.05, 0.1) is 6.20 Å². The highest BCUT2D eigenvalue weighted by Crippen LogP contribution is 1.93. The molecule has 1 aromatic heterocycles. The van der Waals surface area contributed by atoms with Crippen molar-refractivity contribution in [3.05, 3.63) is 22.4 Å². The zero-order valence-corrected chi connectivity index (χ0v) is 6.72. The van der Waals surface area contributed by atoms with Gasteiger partial charge in [0.1, 0.15) is 0 Å². The molecule has 1 aromatic rings. The van der Waals surface area contributed by atoms with Crippen molar-refractivity contribution >= 4 is 5.95 Å². The molecule has 0 bridgehead atoms. The van der Waals surface area contributed by atoms with E-state index in [1.54, 1.807) is 0 Å². The Labute approximate surface area is 68.8 Å². The highest BCUT2D eigenvalue weighted by Gasteiger charge is 1.98. The molecule has 0 spiro atoms. The number of nitrogens with zero attached hydrogens (tertiary/aromatic N) is 1. The molecule has 0 saturated carbocycles. The predicted octanol–water partition coefficient (Wildman–Crippen LogP) is 0.731. The van der Waals surface area contributed by atoms with Crippen molar-refractivity contribution in [3.8, 4) is 0 Å². The fraction of sp³-hybridized carbons (Fsp3) is 0.429. The zero-order valence-electron chi connectivity index (χ0n) is 6.72. The Hall–Kier alpha value is -1.39. The lowest BCUT2D eigenvalue weighted by Crippen LogP contribution is -2.15. The monoisotopic (exact) mass is 171 g/mol. The normalized spacial score (nSPS) is 9.83. The topological polar surface area (TPSA) is 57.8 Å². The van der Waals surface area contributed by atoms with Gasteiger partial charge in [-0.2, -0.15) is 4.39 Å². The first-order valence-corrected chi connectivity index (χ1v) is 3.72. The molecule has 0 aliphatic heterocycles. The number of anilines is 1. The van der Waals surface area contributed by atoms with E-state index in [1.807, 2.05) is 6.92 Å². The molecule has 66 valence electrons. The zero-order chi connectivity index (χ0) is 8.97. The third kappa shape index (κ3) is 2.05. The van der Waals surface area contributed by atoms with Gasteiger partial charge in [0, 0.05) is 6.54 Å². The third-order valence-electron chi connectivity index (χ3n) is 1.30. The van der Waals surface area contributed by atoms with Crippen molar-refractivity contribution in [2.24, 2.45) is 0 Å². The van der Waals surface area contributed by atoms with Gasteiger partial charge in [-0.05, 0) is 6.42 Å². The van der Waals surface area contributed by atoms with Crippen LogP contribution < -0.4 is 10.9 Å². The Morgan fingerprint density at radius 1 is 1.75 bits per heavy atom. The Kier molecular flexibility index (Phi) is 2.79. The van der Waals surface area contributed by atoms with Crippen LogP contribution in [0.3, 0.4) is 0 Å². The van der Waals surface area contributed by atoms with E-state index < -0.39 is 11.4 Å². The number of H-pyrrole nitrogens is 1. The Morgan fingerprint density at radius 2 is 2.50 bits per heavy atom. The number of aromatic amines is 1. The molecular formula is C7H10FN3O. The van der Waals surface area contributed by atoms with Crippen LogP contribution in [-0.4, -0.2) is 16.5 Å². The molecule has 1 rings (SSSR count). The number of hydrogen-bond donors (Lipinski definition) is 2. The van der Waals surface area contributed by atoms with Gasteiger partial charge in [0.2, 0.25) is 11.8 Å². The average Bonchev–Trinajstić information content (AvgIpc) is 2.07. The summed E-state index contributed by atoms with van der Waals surface area (Å²) in [5.74, 6) is -0.555. The smallest absolute Gasteiger partial charge is 0.288 e. The Balaban J connectivity index is 2.76. The molecule has 0 saturated heterocycles. The van der Waals surface area contributed by atoms with Crippen molar-refractivity contribution in [1.82, 2.24) is 9.97 Å². The third-order valence-corrected chi connectivity index (χ3v) is 1.30. The van der Waals surface area contributed by atoms with Crippen LogP contribution in [0, 0.1) is 5.82 Å². The molecule has 0 aliphatic carbocycles. The van der Waals surface area contributed by atoms with Crippen LogP contribution in [0.1, 0.15) is 13.3 Å². The first-order valence-electron chi connectivity index (χ1n) is 3.72.